The van der Waals surface area contributed by atoms with Gasteiger partial charge in [0.1, 0.15) is 11.9 Å². The Labute approximate surface area is 127 Å². The number of aryl methyl sites for hydroxylation is 1. The molecule has 0 aliphatic carbocycles. The highest BCUT2D eigenvalue weighted by atomic mass is 32.1. The number of hydrogen-bond acceptors (Lipinski definition) is 5. The smallest absolute Gasteiger partial charge is 0.273 e. The molecule has 1 fully saturated rings. The van der Waals surface area contributed by atoms with Gasteiger partial charge in [-0.1, -0.05) is 29.5 Å². The molecule has 2 aromatic rings. The molecule has 110 valence electrons. The number of para-hydroxylation sites is 1. The van der Waals surface area contributed by atoms with Gasteiger partial charge in [0.25, 0.3) is 11.1 Å². The monoisotopic (exact) mass is 304 g/mol. The maximum absolute atomic E-state index is 12.0. The van der Waals surface area contributed by atoms with Crippen molar-refractivity contribution in [2.24, 2.45) is 0 Å². The number of aromatic nitrogens is 1. The molecule has 0 spiro atoms. The van der Waals surface area contributed by atoms with Crippen molar-refractivity contribution in [3.05, 3.63) is 41.4 Å². The highest BCUT2D eigenvalue weighted by molar-refractivity contribution is 7.11. The molecule has 1 aromatic heterocycles. The lowest BCUT2D eigenvalue weighted by atomic mass is 10.1. The van der Waals surface area contributed by atoms with Gasteiger partial charge in [-0.2, -0.15) is 0 Å². The van der Waals surface area contributed by atoms with Gasteiger partial charge in [0.2, 0.25) is 0 Å². The van der Waals surface area contributed by atoms with Crippen LogP contribution in [0.3, 0.4) is 0 Å². The van der Waals surface area contributed by atoms with Crippen molar-refractivity contribution in [3.63, 3.8) is 0 Å². The second-order valence-electron chi connectivity index (χ2n) is 4.89. The van der Waals surface area contributed by atoms with Gasteiger partial charge in [0.15, 0.2) is 6.61 Å². The van der Waals surface area contributed by atoms with Crippen LogP contribution in [0.2, 0.25) is 0 Å². The minimum atomic E-state index is -0.0164. The molecule has 0 unspecified atom stereocenters. The molecule has 1 saturated heterocycles. The predicted molar refractivity (Wildman–Crippen MR) is 79.8 cm³/mol. The van der Waals surface area contributed by atoms with Crippen molar-refractivity contribution < 1.29 is 14.3 Å². The molecule has 3 rings (SSSR count). The summed E-state index contributed by atoms with van der Waals surface area (Å²) in [5, 5.41) is 2.52. The van der Waals surface area contributed by atoms with Gasteiger partial charge in [-0.05, 0) is 18.6 Å². The van der Waals surface area contributed by atoms with E-state index in [-0.39, 0.29) is 18.6 Å². The number of rotatable bonds is 5. The van der Waals surface area contributed by atoms with Crippen LogP contribution < -0.4 is 9.47 Å². The Balaban J connectivity index is 1.42. The van der Waals surface area contributed by atoms with Crippen LogP contribution in [0.5, 0.6) is 10.9 Å². The van der Waals surface area contributed by atoms with Gasteiger partial charge in [-0.15, -0.1) is 0 Å². The third-order valence-corrected chi connectivity index (χ3v) is 3.98. The van der Waals surface area contributed by atoms with Gasteiger partial charge < -0.3 is 14.4 Å². The predicted octanol–water partition coefficient (Wildman–Crippen LogP) is 2.12. The van der Waals surface area contributed by atoms with E-state index in [1.165, 1.54) is 11.3 Å². The molecular formula is C15H16N2O3S. The van der Waals surface area contributed by atoms with Crippen LogP contribution in [0.15, 0.2) is 35.8 Å². The summed E-state index contributed by atoms with van der Waals surface area (Å²) in [6.45, 7) is 3.21. The quantitative estimate of drug-likeness (QED) is 0.849. The summed E-state index contributed by atoms with van der Waals surface area (Å²) >= 11 is 1.46. The van der Waals surface area contributed by atoms with E-state index in [1.54, 1.807) is 11.1 Å². The summed E-state index contributed by atoms with van der Waals surface area (Å²) < 4.78 is 11.2. The summed E-state index contributed by atoms with van der Waals surface area (Å²) in [6, 6.07) is 7.67. The number of likely N-dealkylation sites (tertiary alicyclic amines) is 1. The van der Waals surface area contributed by atoms with Gasteiger partial charge >= 0.3 is 0 Å². The Morgan fingerprint density at radius 3 is 2.95 bits per heavy atom. The first kappa shape index (κ1) is 13.9. The molecular weight excluding hydrogens is 288 g/mol. The standard InChI is InChI=1S/C15H16N2O3S/c1-11-4-2-3-5-13(11)19-10-14(18)17-8-12(9-17)20-15-16-6-7-21-15/h2-7,12H,8-10H2,1H3. The van der Waals surface area contributed by atoms with Crippen molar-refractivity contribution in [1.82, 2.24) is 9.88 Å². The third-order valence-electron chi connectivity index (χ3n) is 3.32. The molecule has 1 aromatic carbocycles. The summed E-state index contributed by atoms with van der Waals surface area (Å²) in [5.74, 6) is 0.735. The van der Waals surface area contributed by atoms with Gasteiger partial charge in [-0.3, -0.25) is 4.79 Å². The van der Waals surface area contributed by atoms with E-state index in [0.717, 1.165) is 11.3 Å². The first-order chi connectivity index (χ1) is 10.2. The molecule has 0 N–H and O–H groups in total. The topological polar surface area (TPSA) is 51.7 Å². The zero-order valence-electron chi connectivity index (χ0n) is 11.7. The van der Waals surface area contributed by atoms with Gasteiger partial charge in [-0.25, -0.2) is 4.98 Å². The molecule has 2 heterocycles. The van der Waals surface area contributed by atoms with Gasteiger partial charge in [0, 0.05) is 11.6 Å². The van der Waals surface area contributed by atoms with E-state index in [1.807, 2.05) is 36.6 Å². The molecule has 0 radical (unpaired) electrons. The molecule has 21 heavy (non-hydrogen) atoms. The fourth-order valence-electron chi connectivity index (χ4n) is 2.08. The minimum Gasteiger partial charge on any atom is -0.484 e. The van der Waals surface area contributed by atoms with Crippen LogP contribution in [0, 0.1) is 6.92 Å². The van der Waals surface area contributed by atoms with Crippen LogP contribution >= 0.6 is 11.3 Å². The number of nitrogens with zero attached hydrogens (tertiary/aromatic N) is 2. The number of amides is 1. The molecule has 0 bridgehead atoms. The summed E-state index contributed by atoms with van der Waals surface area (Å²) in [6.07, 6.45) is 1.75. The average molecular weight is 304 g/mol. The minimum absolute atomic E-state index is 0.0164. The van der Waals surface area contributed by atoms with Crippen LogP contribution in [0.4, 0.5) is 0 Å². The first-order valence-corrected chi connectivity index (χ1v) is 7.62. The van der Waals surface area contributed by atoms with Crippen molar-refractivity contribution in [2.45, 2.75) is 13.0 Å². The molecule has 0 saturated carbocycles. The number of benzene rings is 1. The Hall–Kier alpha value is -2.08. The lowest BCUT2D eigenvalue weighted by Gasteiger charge is -2.38. The maximum atomic E-state index is 12.0. The van der Waals surface area contributed by atoms with Crippen molar-refractivity contribution in [2.75, 3.05) is 19.7 Å². The van der Waals surface area contributed by atoms with E-state index in [4.69, 9.17) is 9.47 Å². The van der Waals surface area contributed by atoms with Crippen LogP contribution in [0.25, 0.3) is 0 Å². The molecule has 6 heteroatoms. The highest BCUT2D eigenvalue weighted by Crippen LogP contribution is 2.21. The Kier molecular flexibility index (Phi) is 4.06. The van der Waals surface area contributed by atoms with Crippen LogP contribution in [-0.2, 0) is 4.79 Å². The number of thiazole rings is 1. The fourth-order valence-corrected chi connectivity index (χ4v) is 2.63. The molecule has 5 nitrogen and oxygen atoms in total. The maximum Gasteiger partial charge on any atom is 0.273 e. The largest absolute Gasteiger partial charge is 0.484 e. The average Bonchev–Trinajstić information content (AvgIpc) is 2.94. The SMILES string of the molecule is Cc1ccccc1OCC(=O)N1CC(Oc2nccs2)C1. The van der Waals surface area contributed by atoms with E-state index in [0.29, 0.717) is 18.3 Å². The second kappa shape index (κ2) is 6.13. The lowest BCUT2D eigenvalue weighted by molar-refractivity contribution is -0.142. The molecule has 1 aliphatic rings. The number of carbonyl (C=O) groups is 1. The first-order valence-electron chi connectivity index (χ1n) is 6.75. The van der Waals surface area contributed by atoms with E-state index >= 15 is 0 Å². The van der Waals surface area contributed by atoms with E-state index < -0.39 is 0 Å². The Bertz CT molecular complexity index is 609. The normalized spacial score (nSPS) is 14.6. The fraction of sp³-hybridized carbons (Fsp3) is 0.333. The summed E-state index contributed by atoms with van der Waals surface area (Å²) in [5.41, 5.74) is 1.03. The lowest BCUT2D eigenvalue weighted by Crippen LogP contribution is -2.57. The zero-order valence-corrected chi connectivity index (χ0v) is 12.5. The molecule has 1 amide bonds. The molecule has 0 atom stereocenters. The Morgan fingerprint density at radius 1 is 1.43 bits per heavy atom. The second-order valence-corrected chi connectivity index (χ2v) is 5.75. The van der Waals surface area contributed by atoms with E-state index in [9.17, 15) is 4.79 Å². The Morgan fingerprint density at radius 2 is 2.24 bits per heavy atom. The summed E-state index contributed by atoms with van der Waals surface area (Å²) in [4.78, 5) is 17.8. The van der Waals surface area contributed by atoms with Crippen molar-refractivity contribution in [1.29, 1.82) is 0 Å². The summed E-state index contributed by atoms with van der Waals surface area (Å²) in [7, 11) is 0. The van der Waals surface area contributed by atoms with Crippen molar-refractivity contribution in [3.8, 4) is 10.9 Å². The van der Waals surface area contributed by atoms with Crippen LogP contribution in [0.1, 0.15) is 5.56 Å². The number of ether oxygens (including phenoxy) is 2. The third kappa shape index (κ3) is 3.33. The number of carbonyl (C=O) groups excluding carboxylic acids is 1. The number of hydrogen-bond donors (Lipinski definition) is 0. The zero-order chi connectivity index (χ0) is 14.7. The molecule has 1 aliphatic heterocycles. The van der Waals surface area contributed by atoms with Crippen LogP contribution in [-0.4, -0.2) is 41.6 Å². The van der Waals surface area contributed by atoms with E-state index in [2.05, 4.69) is 4.98 Å². The highest BCUT2D eigenvalue weighted by Gasteiger charge is 2.32. The van der Waals surface area contributed by atoms with Crippen molar-refractivity contribution >= 4 is 17.2 Å². The van der Waals surface area contributed by atoms with Gasteiger partial charge in [0.05, 0.1) is 13.1 Å².